The van der Waals surface area contributed by atoms with Crippen molar-refractivity contribution in [2.45, 2.75) is 13.5 Å². The van der Waals surface area contributed by atoms with E-state index in [9.17, 15) is 0 Å². The molecule has 1 aromatic carbocycles. The van der Waals surface area contributed by atoms with Crippen molar-refractivity contribution in [2.75, 3.05) is 7.05 Å². The largest absolute Gasteiger partial charge is 0.316 e. The summed E-state index contributed by atoms with van der Waals surface area (Å²) in [5.41, 5.74) is 4.40. The Morgan fingerprint density at radius 3 is 2.59 bits per heavy atom. The standard InChI is InChI=1S/C14H15ClN2/c1-10-7-12(5-6-17-10)11-3-4-13(9-16-2)14(15)8-11/h3-8,16H,9H2,1-2H3. The number of aryl methyl sites for hydroxylation is 1. The Balaban J connectivity index is 2.37. The van der Waals surface area contributed by atoms with Crippen LogP contribution in [0.1, 0.15) is 11.3 Å². The van der Waals surface area contributed by atoms with Gasteiger partial charge in [-0.05, 0) is 48.9 Å². The van der Waals surface area contributed by atoms with E-state index in [2.05, 4.69) is 28.5 Å². The average molecular weight is 247 g/mol. The van der Waals surface area contributed by atoms with Gasteiger partial charge in [0.25, 0.3) is 0 Å². The Morgan fingerprint density at radius 1 is 1.18 bits per heavy atom. The van der Waals surface area contributed by atoms with E-state index in [4.69, 9.17) is 11.6 Å². The van der Waals surface area contributed by atoms with Gasteiger partial charge < -0.3 is 5.32 Å². The molecule has 0 unspecified atom stereocenters. The molecule has 0 amide bonds. The van der Waals surface area contributed by atoms with Crippen molar-refractivity contribution in [1.82, 2.24) is 10.3 Å². The van der Waals surface area contributed by atoms with Gasteiger partial charge in [0, 0.05) is 23.5 Å². The number of aromatic nitrogens is 1. The van der Waals surface area contributed by atoms with Crippen molar-refractivity contribution in [3.8, 4) is 11.1 Å². The lowest BCUT2D eigenvalue weighted by molar-refractivity contribution is 0.818. The van der Waals surface area contributed by atoms with Gasteiger partial charge >= 0.3 is 0 Å². The van der Waals surface area contributed by atoms with Gasteiger partial charge in [0.15, 0.2) is 0 Å². The topological polar surface area (TPSA) is 24.9 Å². The van der Waals surface area contributed by atoms with Crippen LogP contribution in [0.15, 0.2) is 36.5 Å². The lowest BCUT2D eigenvalue weighted by atomic mass is 10.0. The first-order valence-corrected chi connectivity index (χ1v) is 5.94. The summed E-state index contributed by atoms with van der Waals surface area (Å²) in [6.07, 6.45) is 1.82. The third kappa shape index (κ3) is 2.84. The van der Waals surface area contributed by atoms with Crippen molar-refractivity contribution >= 4 is 11.6 Å². The fourth-order valence-electron chi connectivity index (χ4n) is 1.79. The minimum absolute atomic E-state index is 0.786. The third-order valence-corrected chi connectivity index (χ3v) is 3.00. The monoisotopic (exact) mass is 246 g/mol. The highest BCUT2D eigenvalue weighted by Gasteiger charge is 2.03. The Hall–Kier alpha value is -1.38. The van der Waals surface area contributed by atoms with Crippen molar-refractivity contribution in [1.29, 1.82) is 0 Å². The summed E-state index contributed by atoms with van der Waals surface area (Å²) < 4.78 is 0. The van der Waals surface area contributed by atoms with Gasteiger partial charge in [-0.3, -0.25) is 4.98 Å². The molecule has 88 valence electrons. The molecule has 1 aromatic heterocycles. The maximum absolute atomic E-state index is 6.24. The minimum atomic E-state index is 0.786. The fourth-order valence-corrected chi connectivity index (χ4v) is 2.03. The zero-order valence-corrected chi connectivity index (χ0v) is 10.8. The molecule has 0 aliphatic rings. The summed E-state index contributed by atoms with van der Waals surface area (Å²) in [6, 6.07) is 10.2. The second-order valence-corrected chi connectivity index (χ2v) is 4.43. The molecule has 0 aliphatic heterocycles. The summed E-state index contributed by atoms with van der Waals surface area (Å²) in [5.74, 6) is 0. The molecule has 0 bridgehead atoms. The number of hydrogen-bond acceptors (Lipinski definition) is 2. The average Bonchev–Trinajstić information content (AvgIpc) is 2.32. The van der Waals surface area contributed by atoms with E-state index < -0.39 is 0 Å². The number of nitrogens with one attached hydrogen (secondary N) is 1. The maximum atomic E-state index is 6.24. The van der Waals surface area contributed by atoms with Crippen LogP contribution in [-0.2, 0) is 6.54 Å². The van der Waals surface area contributed by atoms with Crippen LogP contribution in [0.4, 0.5) is 0 Å². The predicted molar refractivity (Wildman–Crippen MR) is 72.2 cm³/mol. The molecule has 17 heavy (non-hydrogen) atoms. The molecule has 2 aromatic rings. The highest BCUT2D eigenvalue weighted by molar-refractivity contribution is 6.31. The van der Waals surface area contributed by atoms with Crippen molar-refractivity contribution in [2.24, 2.45) is 0 Å². The van der Waals surface area contributed by atoms with Gasteiger partial charge in [0.2, 0.25) is 0 Å². The van der Waals surface area contributed by atoms with Crippen molar-refractivity contribution in [3.63, 3.8) is 0 Å². The SMILES string of the molecule is CNCc1ccc(-c2ccnc(C)c2)cc1Cl. The number of hydrogen-bond donors (Lipinski definition) is 1. The number of nitrogens with zero attached hydrogens (tertiary/aromatic N) is 1. The molecule has 0 fully saturated rings. The molecular weight excluding hydrogens is 232 g/mol. The number of benzene rings is 1. The van der Waals surface area contributed by atoms with Crippen LogP contribution in [0, 0.1) is 6.92 Å². The summed E-state index contributed by atoms with van der Waals surface area (Å²) in [7, 11) is 1.91. The summed E-state index contributed by atoms with van der Waals surface area (Å²) in [5, 5.41) is 3.90. The molecule has 2 rings (SSSR count). The first-order chi connectivity index (χ1) is 8.20. The third-order valence-electron chi connectivity index (χ3n) is 2.65. The highest BCUT2D eigenvalue weighted by Crippen LogP contribution is 2.25. The molecule has 1 heterocycles. The number of halogens is 1. The van der Waals surface area contributed by atoms with Gasteiger partial charge in [-0.15, -0.1) is 0 Å². The van der Waals surface area contributed by atoms with E-state index in [0.29, 0.717) is 0 Å². The van der Waals surface area contributed by atoms with Crippen LogP contribution in [0.25, 0.3) is 11.1 Å². The summed E-state index contributed by atoms with van der Waals surface area (Å²) >= 11 is 6.24. The van der Waals surface area contributed by atoms with Crippen LogP contribution < -0.4 is 5.32 Å². The van der Waals surface area contributed by atoms with Crippen LogP contribution in [0.5, 0.6) is 0 Å². The van der Waals surface area contributed by atoms with Gasteiger partial charge in [-0.2, -0.15) is 0 Å². The quantitative estimate of drug-likeness (QED) is 0.898. The second-order valence-electron chi connectivity index (χ2n) is 4.02. The van der Waals surface area contributed by atoms with E-state index >= 15 is 0 Å². The molecule has 2 nitrogen and oxygen atoms in total. The zero-order valence-electron chi connectivity index (χ0n) is 10.00. The molecule has 0 spiro atoms. The molecule has 3 heteroatoms. The zero-order chi connectivity index (χ0) is 12.3. The Morgan fingerprint density at radius 2 is 1.94 bits per heavy atom. The maximum Gasteiger partial charge on any atom is 0.0457 e. The molecule has 0 saturated carbocycles. The predicted octanol–water partition coefficient (Wildman–Crippen LogP) is 3.43. The van der Waals surface area contributed by atoms with E-state index in [0.717, 1.165) is 34.0 Å². The first kappa shape index (κ1) is 12.1. The summed E-state index contributed by atoms with van der Waals surface area (Å²) in [4.78, 5) is 4.19. The molecule has 0 aliphatic carbocycles. The minimum Gasteiger partial charge on any atom is -0.316 e. The normalized spacial score (nSPS) is 10.5. The Bertz CT molecular complexity index is 523. The smallest absolute Gasteiger partial charge is 0.0457 e. The number of pyridine rings is 1. The van der Waals surface area contributed by atoms with Crippen LogP contribution in [0.3, 0.4) is 0 Å². The van der Waals surface area contributed by atoms with Crippen molar-refractivity contribution < 1.29 is 0 Å². The summed E-state index contributed by atoms with van der Waals surface area (Å²) in [6.45, 7) is 2.77. The molecule has 0 atom stereocenters. The van der Waals surface area contributed by atoms with E-state index in [1.54, 1.807) is 0 Å². The number of rotatable bonds is 3. The highest BCUT2D eigenvalue weighted by atomic mass is 35.5. The lowest BCUT2D eigenvalue weighted by Gasteiger charge is -2.07. The Labute approximate surface area is 107 Å². The molecule has 0 saturated heterocycles. The molecule has 1 N–H and O–H groups in total. The van der Waals surface area contributed by atoms with Gasteiger partial charge in [-0.1, -0.05) is 23.7 Å². The van der Waals surface area contributed by atoms with Crippen LogP contribution in [0.2, 0.25) is 5.02 Å². The van der Waals surface area contributed by atoms with E-state index in [1.165, 1.54) is 0 Å². The van der Waals surface area contributed by atoms with Crippen molar-refractivity contribution in [3.05, 3.63) is 52.8 Å². The van der Waals surface area contributed by atoms with E-state index in [-0.39, 0.29) is 0 Å². The fraction of sp³-hybridized carbons (Fsp3) is 0.214. The van der Waals surface area contributed by atoms with Gasteiger partial charge in [0.05, 0.1) is 0 Å². The van der Waals surface area contributed by atoms with Crippen LogP contribution >= 0.6 is 11.6 Å². The first-order valence-electron chi connectivity index (χ1n) is 5.57. The Kier molecular flexibility index (Phi) is 3.77. The van der Waals surface area contributed by atoms with Gasteiger partial charge in [-0.25, -0.2) is 0 Å². The lowest BCUT2D eigenvalue weighted by Crippen LogP contribution is -2.05. The van der Waals surface area contributed by atoms with Crippen LogP contribution in [-0.4, -0.2) is 12.0 Å². The van der Waals surface area contributed by atoms with Gasteiger partial charge in [0.1, 0.15) is 0 Å². The molecule has 0 radical (unpaired) electrons. The second kappa shape index (κ2) is 5.30. The van der Waals surface area contributed by atoms with E-state index in [1.807, 2.05) is 32.3 Å². The molecular formula is C14H15ClN2.